The van der Waals surface area contributed by atoms with Gasteiger partial charge in [-0.1, -0.05) is 160 Å². The molecule has 0 bridgehead atoms. The lowest BCUT2D eigenvalue weighted by Crippen LogP contribution is -2.29. The van der Waals surface area contributed by atoms with Crippen molar-refractivity contribution in [3.63, 3.8) is 0 Å². The van der Waals surface area contributed by atoms with Crippen LogP contribution in [0.25, 0.3) is 0 Å². The van der Waals surface area contributed by atoms with E-state index in [0.717, 1.165) is 57.8 Å². The minimum atomic E-state index is -4.35. The number of phosphoric acid groups is 1. The van der Waals surface area contributed by atoms with Gasteiger partial charge in [0.2, 0.25) is 0 Å². The van der Waals surface area contributed by atoms with Crippen molar-refractivity contribution in [2.75, 3.05) is 33.4 Å². The van der Waals surface area contributed by atoms with Gasteiger partial charge in [0.25, 0.3) is 0 Å². The molecule has 0 aliphatic carbocycles. The number of unbranched alkanes of at least 4 members (excludes halogenated alkanes) is 24. The largest absolute Gasteiger partial charge is 0.472 e. The summed E-state index contributed by atoms with van der Waals surface area (Å²) in [6.45, 7) is 4.18. The summed E-state index contributed by atoms with van der Waals surface area (Å²) in [5.74, 6) is -0.814. The number of ether oxygens (including phenoxy) is 2. The van der Waals surface area contributed by atoms with Crippen LogP contribution in [0.15, 0.2) is 24.3 Å². The molecule has 0 aromatic heterocycles. The smallest absolute Gasteiger partial charge is 0.462 e. The molecule has 318 valence electrons. The van der Waals surface area contributed by atoms with Gasteiger partial charge in [-0.05, 0) is 64.8 Å². The first kappa shape index (κ1) is 52.5. The van der Waals surface area contributed by atoms with Gasteiger partial charge in [-0.3, -0.25) is 18.6 Å². The topological polar surface area (TPSA) is 120 Å². The molecule has 0 heterocycles. The van der Waals surface area contributed by atoms with E-state index in [4.69, 9.17) is 18.5 Å². The van der Waals surface area contributed by atoms with E-state index in [9.17, 15) is 19.0 Å². The summed E-state index contributed by atoms with van der Waals surface area (Å²) < 4.78 is 33.1. The second-order valence-electron chi connectivity index (χ2n) is 14.9. The third-order valence-electron chi connectivity index (χ3n) is 9.54. The highest BCUT2D eigenvalue weighted by atomic mass is 31.2. The monoisotopic (exact) mass is 786 g/mol. The number of phosphoric ester groups is 1. The normalized spacial score (nSPS) is 13.5. The van der Waals surface area contributed by atoms with Gasteiger partial charge >= 0.3 is 19.8 Å². The van der Waals surface area contributed by atoms with Crippen LogP contribution in [0.1, 0.15) is 206 Å². The van der Waals surface area contributed by atoms with Crippen LogP contribution in [0.2, 0.25) is 0 Å². The van der Waals surface area contributed by atoms with Gasteiger partial charge in [-0.2, -0.15) is 0 Å². The Labute approximate surface area is 332 Å². The standard InChI is InChI=1S/C44H84NO8P/c1-4-6-8-10-12-14-16-17-18-19-20-21-22-23-24-25-27-28-30-32-34-36-43(46)50-40-42(41-52-54(48,49)51-39-38-45-3)53-44(47)37-35-33-31-29-26-15-13-11-9-7-5-2/h11,13,17-18,42,45H,4-10,12,14-16,19-41H2,1-3H3,(H,48,49)/b13-11-,18-17-. The average molecular weight is 786 g/mol. The summed E-state index contributed by atoms with van der Waals surface area (Å²) in [5, 5.41) is 2.82. The third kappa shape index (κ3) is 40.2. The summed E-state index contributed by atoms with van der Waals surface area (Å²) in [5.41, 5.74) is 0. The second-order valence-corrected chi connectivity index (χ2v) is 16.3. The number of allylic oxidation sites excluding steroid dienone is 4. The predicted molar refractivity (Wildman–Crippen MR) is 225 cm³/mol. The van der Waals surface area contributed by atoms with Crippen LogP contribution in [0.4, 0.5) is 0 Å². The quantitative estimate of drug-likeness (QED) is 0.0270. The number of carbonyl (C=O) groups is 2. The highest BCUT2D eigenvalue weighted by Crippen LogP contribution is 2.43. The molecule has 0 radical (unpaired) electrons. The molecule has 0 spiro atoms. The zero-order valence-electron chi connectivity index (χ0n) is 35.2. The first-order valence-corrected chi connectivity index (χ1v) is 23.8. The minimum Gasteiger partial charge on any atom is -0.462 e. The Bertz CT molecular complexity index is 944. The maximum Gasteiger partial charge on any atom is 0.472 e. The van der Waals surface area contributed by atoms with Crippen LogP contribution in [-0.4, -0.2) is 56.3 Å². The molecule has 10 heteroatoms. The fourth-order valence-electron chi connectivity index (χ4n) is 6.12. The Hall–Kier alpha value is -1.51. The SMILES string of the molecule is CCCC/C=C\CCCCCCCC(=O)OC(COC(=O)CCCCCCCCCCCCC/C=C\CCCCCCCC)COP(=O)(O)OCCNC. The van der Waals surface area contributed by atoms with E-state index < -0.39 is 26.5 Å². The molecule has 9 nitrogen and oxygen atoms in total. The van der Waals surface area contributed by atoms with Crippen molar-refractivity contribution in [2.45, 2.75) is 213 Å². The lowest BCUT2D eigenvalue weighted by molar-refractivity contribution is -0.161. The van der Waals surface area contributed by atoms with Crippen molar-refractivity contribution in [3.05, 3.63) is 24.3 Å². The molecule has 2 atom stereocenters. The Balaban J connectivity index is 4.10. The van der Waals surface area contributed by atoms with Crippen molar-refractivity contribution in [2.24, 2.45) is 0 Å². The van der Waals surface area contributed by atoms with Crippen molar-refractivity contribution >= 4 is 19.8 Å². The van der Waals surface area contributed by atoms with E-state index in [1.54, 1.807) is 7.05 Å². The molecule has 0 rings (SSSR count). The zero-order valence-corrected chi connectivity index (χ0v) is 36.1. The van der Waals surface area contributed by atoms with Crippen LogP contribution in [0.3, 0.4) is 0 Å². The fraction of sp³-hybridized carbons (Fsp3) is 0.864. The van der Waals surface area contributed by atoms with E-state index in [-0.39, 0.29) is 32.0 Å². The van der Waals surface area contributed by atoms with Gasteiger partial charge in [-0.15, -0.1) is 0 Å². The van der Waals surface area contributed by atoms with Crippen LogP contribution >= 0.6 is 7.82 Å². The fourth-order valence-corrected chi connectivity index (χ4v) is 6.87. The maximum absolute atomic E-state index is 12.6. The molecule has 2 unspecified atom stereocenters. The molecule has 0 saturated heterocycles. The van der Waals surface area contributed by atoms with Crippen molar-refractivity contribution in [1.29, 1.82) is 0 Å². The Morgan fingerprint density at radius 1 is 0.556 bits per heavy atom. The van der Waals surface area contributed by atoms with E-state index in [0.29, 0.717) is 13.0 Å². The molecule has 0 fully saturated rings. The number of rotatable bonds is 42. The number of hydrogen-bond donors (Lipinski definition) is 2. The van der Waals surface area contributed by atoms with Crippen LogP contribution in [0, 0.1) is 0 Å². The van der Waals surface area contributed by atoms with Gasteiger partial charge in [0, 0.05) is 19.4 Å². The van der Waals surface area contributed by atoms with Gasteiger partial charge < -0.3 is 19.7 Å². The summed E-state index contributed by atoms with van der Waals surface area (Å²) >= 11 is 0. The van der Waals surface area contributed by atoms with Gasteiger partial charge in [-0.25, -0.2) is 4.57 Å². The van der Waals surface area contributed by atoms with Crippen LogP contribution < -0.4 is 5.32 Å². The Morgan fingerprint density at radius 2 is 0.963 bits per heavy atom. The van der Waals surface area contributed by atoms with E-state index in [2.05, 4.69) is 43.5 Å². The molecular weight excluding hydrogens is 701 g/mol. The van der Waals surface area contributed by atoms with Gasteiger partial charge in [0.1, 0.15) is 6.61 Å². The van der Waals surface area contributed by atoms with Crippen LogP contribution in [0.5, 0.6) is 0 Å². The number of carbonyl (C=O) groups excluding carboxylic acids is 2. The Morgan fingerprint density at radius 3 is 1.43 bits per heavy atom. The molecule has 0 aliphatic rings. The lowest BCUT2D eigenvalue weighted by atomic mass is 10.0. The summed E-state index contributed by atoms with van der Waals surface area (Å²) in [7, 11) is -2.65. The minimum absolute atomic E-state index is 0.0173. The van der Waals surface area contributed by atoms with Gasteiger partial charge in [0.15, 0.2) is 6.10 Å². The van der Waals surface area contributed by atoms with Crippen LogP contribution in [-0.2, 0) is 32.7 Å². The molecule has 0 aromatic carbocycles. The molecule has 0 aromatic rings. The van der Waals surface area contributed by atoms with Crippen molar-refractivity contribution in [3.8, 4) is 0 Å². The number of esters is 2. The summed E-state index contributed by atoms with van der Waals surface area (Å²) in [6.07, 6.45) is 42.3. The number of nitrogens with one attached hydrogen (secondary N) is 1. The maximum atomic E-state index is 12.6. The average Bonchev–Trinajstić information content (AvgIpc) is 3.15. The highest BCUT2D eigenvalue weighted by molar-refractivity contribution is 7.47. The van der Waals surface area contributed by atoms with E-state index in [1.165, 1.54) is 116 Å². The van der Waals surface area contributed by atoms with Crippen molar-refractivity contribution in [1.82, 2.24) is 5.32 Å². The number of hydrogen-bond acceptors (Lipinski definition) is 8. The first-order valence-electron chi connectivity index (χ1n) is 22.3. The predicted octanol–water partition coefficient (Wildman–Crippen LogP) is 12.6. The van der Waals surface area contributed by atoms with E-state index >= 15 is 0 Å². The number of likely N-dealkylation sites (N-methyl/N-ethyl adjacent to an activating group) is 1. The summed E-state index contributed by atoms with van der Waals surface area (Å²) in [6, 6.07) is 0. The van der Waals surface area contributed by atoms with Gasteiger partial charge in [0.05, 0.1) is 13.2 Å². The first-order chi connectivity index (χ1) is 26.3. The zero-order chi connectivity index (χ0) is 39.6. The summed E-state index contributed by atoms with van der Waals surface area (Å²) in [4.78, 5) is 35.0. The Kier molecular flexibility index (Phi) is 40.0. The van der Waals surface area contributed by atoms with E-state index in [1.807, 2.05) is 0 Å². The highest BCUT2D eigenvalue weighted by Gasteiger charge is 2.26. The molecule has 2 N–H and O–H groups in total. The third-order valence-corrected chi connectivity index (χ3v) is 10.5. The lowest BCUT2D eigenvalue weighted by Gasteiger charge is -2.20. The van der Waals surface area contributed by atoms with Crippen molar-refractivity contribution < 1.29 is 37.6 Å². The second kappa shape index (κ2) is 41.1. The molecule has 0 aliphatic heterocycles. The molecule has 54 heavy (non-hydrogen) atoms. The molecule has 0 amide bonds. The molecular formula is C44H84NO8P. The molecule has 0 saturated carbocycles.